The molecule has 2 aromatic carbocycles. The lowest BCUT2D eigenvalue weighted by molar-refractivity contribution is 0.0940. The Morgan fingerprint density at radius 1 is 1.15 bits per heavy atom. The van der Waals surface area contributed by atoms with Crippen molar-refractivity contribution < 1.29 is 4.79 Å². The molecule has 2 rings (SSSR count). The van der Waals surface area contributed by atoms with Crippen molar-refractivity contribution >= 4 is 17.5 Å². The van der Waals surface area contributed by atoms with Gasteiger partial charge in [0.05, 0.1) is 16.6 Å². The van der Waals surface area contributed by atoms with E-state index in [4.69, 9.17) is 11.6 Å². The summed E-state index contributed by atoms with van der Waals surface area (Å²) in [5.41, 5.74) is 4.02. The number of halogens is 1. The average molecular weight is 288 g/mol. The molecule has 0 saturated carbocycles. The maximum Gasteiger partial charge on any atom is 0.253 e. The normalized spacial score (nSPS) is 12.0. The van der Waals surface area contributed by atoms with Crippen molar-refractivity contribution in [2.45, 2.75) is 26.8 Å². The summed E-state index contributed by atoms with van der Waals surface area (Å²) >= 11 is 6.04. The Morgan fingerprint density at radius 3 is 2.50 bits per heavy atom. The van der Waals surface area contributed by atoms with Crippen LogP contribution in [0.2, 0.25) is 5.02 Å². The quantitative estimate of drug-likeness (QED) is 0.888. The Labute approximate surface area is 124 Å². The maximum absolute atomic E-state index is 12.2. The Bertz CT molecular complexity index is 637. The Kier molecular flexibility index (Phi) is 4.46. The van der Waals surface area contributed by atoms with Gasteiger partial charge >= 0.3 is 0 Å². The SMILES string of the molecule is Cc1ccc([C@@H](C)NC(=O)c2ccccc2Cl)c(C)c1. The fraction of sp³-hybridized carbons (Fsp3) is 0.235. The molecular formula is C17H18ClNO. The summed E-state index contributed by atoms with van der Waals surface area (Å²) in [5, 5.41) is 3.46. The predicted octanol–water partition coefficient (Wildman–Crippen LogP) is 4.45. The van der Waals surface area contributed by atoms with E-state index in [1.165, 1.54) is 11.1 Å². The van der Waals surface area contributed by atoms with Gasteiger partial charge in [0.1, 0.15) is 0 Å². The molecule has 0 saturated heterocycles. The molecule has 0 fully saturated rings. The smallest absolute Gasteiger partial charge is 0.253 e. The highest BCUT2D eigenvalue weighted by molar-refractivity contribution is 6.33. The molecule has 1 amide bonds. The van der Waals surface area contributed by atoms with E-state index in [0.717, 1.165) is 5.56 Å². The van der Waals surface area contributed by atoms with Crippen molar-refractivity contribution in [3.05, 3.63) is 69.7 Å². The number of carbonyl (C=O) groups excluding carboxylic acids is 1. The van der Waals surface area contributed by atoms with E-state index in [0.29, 0.717) is 10.6 Å². The molecule has 0 radical (unpaired) electrons. The van der Waals surface area contributed by atoms with E-state index in [1.807, 2.05) is 19.1 Å². The van der Waals surface area contributed by atoms with Crippen LogP contribution in [0, 0.1) is 13.8 Å². The van der Waals surface area contributed by atoms with Crippen LogP contribution in [0.3, 0.4) is 0 Å². The largest absolute Gasteiger partial charge is 0.345 e. The Morgan fingerprint density at radius 2 is 1.85 bits per heavy atom. The Balaban J connectivity index is 2.17. The summed E-state index contributed by atoms with van der Waals surface area (Å²) in [6.07, 6.45) is 0. The maximum atomic E-state index is 12.2. The summed E-state index contributed by atoms with van der Waals surface area (Å²) in [6, 6.07) is 13.2. The van der Waals surface area contributed by atoms with Crippen molar-refractivity contribution in [1.82, 2.24) is 5.32 Å². The zero-order valence-corrected chi connectivity index (χ0v) is 12.7. The molecule has 3 heteroatoms. The first-order chi connectivity index (χ1) is 9.49. The molecule has 0 aliphatic rings. The van der Waals surface area contributed by atoms with Gasteiger partial charge < -0.3 is 5.32 Å². The monoisotopic (exact) mass is 287 g/mol. The Hall–Kier alpha value is -1.80. The van der Waals surface area contributed by atoms with Crippen molar-refractivity contribution in [3.8, 4) is 0 Å². The highest BCUT2D eigenvalue weighted by Crippen LogP contribution is 2.20. The molecule has 2 nitrogen and oxygen atoms in total. The predicted molar refractivity (Wildman–Crippen MR) is 83.2 cm³/mol. The summed E-state index contributed by atoms with van der Waals surface area (Å²) in [7, 11) is 0. The standard InChI is InChI=1S/C17H18ClNO/c1-11-8-9-14(12(2)10-11)13(3)19-17(20)15-6-4-5-7-16(15)18/h4-10,13H,1-3H3,(H,19,20)/t13-/m1/s1. The van der Waals surface area contributed by atoms with Gasteiger partial charge in [0, 0.05) is 0 Å². The minimum Gasteiger partial charge on any atom is -0.345 e. The van der Waals surface area contributed by atoms with Gasteiger partial charge in [-0.05, 0) is 44.0 Å². The topological polar surface area (TPSA) is 29.1 Å². The zero-order valence-electron chi connectivity index (χ0n) is 11.9. The van der Waals surface area contributed by atoms with Gasteiger partial charge in [-0.3, -0.25) is 4.79 Å². The molecule has 1 atom stereocenters. The van der Waals surface area contributed by atoms with E-state index in [2.05, 4.69) is 37.4 Å². The van der Waals surface area contributed by atoms with E-state index < -0.39 is 0 Å². The van der Waals surface area contributed by atoms with E-state index in [9.17, 15) is 4.79 Å². The third-order valence-corrected chi connectivity index (χ3v) is 3.69. The van der Waals surface area contributed by atoms with Crippen molar-refractivity contribution in [2.24, 2.45) is 0 Å². The van der Waals surface area contributed by atoms with Gasteiger partial charge in [0.2, 0.25) is 0 Å². The number of rotatable bonds is 3. The van der Waals surface area contributed by atoms with Crippen LogP contribution in [0.15, 0.2) is 42.5 Å². The van der Waals surface area contributed by atoms with Crippen LogP contribution in [0.25, 0.3) is 0 Å². The molecule has 0 heterocycles. The first-order valence-electron chi connectivity index (χ1n) is 6.61. The highest BCUT2D eigenvalue weighted by atomic mass is 35.5. The molecule has 2 aromatic rings. The van der Waals surface area contributed by atoms with Crippen LogP contribution in [0.4, 0.5) is 0 Å². The van der Waals surface area contributed by atoms with E-state index >= 15 is 0 Å². The number of amides is 1. The third kappa shape index (κ3) is 3.20. The molecule has 0 spiro atoms. The van der Waals surface area contributed by atoms with Crippen LogP contribution in [-0.4, -0.2) is 5.91 Å². The van der Waals surface area contributed by atoms with Crippen molar-refractivity contribution in [2.75, 3.05) is 0 Å². The fourth-order valence-electron chi connectivity index (χ4n) is 2.31. The summed E-state index contributed by atoms with van der Waals surface area (Å²) in [5.74, 6) is -0.150. The summed E-state index contributed by atoms with van der Waals surface area (Å²) < 4.78 is 0. The second kappa shape index (κ2) is 6.10. The summed E-state index contributed by atoms with van der Waals surface area (Å²) in [4.78, 5) is 12.2. The van der Waals surface area contributed by atoms with Crippen LogP contribution < -0.4 is 5.32 Å². The summed E-state index contributed by atoms with van der Waals surface area (Å²) in [6.45, 7) is 6.09. The molecule has 20 heavy (non-hydrogen) atoms. The number of benzene rings is 2. The fourth-order valence-corrected chi connectivity index (χ4v) is 2.53. The molecule has 0 bridgehead atoms. The van der Waals surface area contributed by atoms with Gasteiger partial charge in [-0.15, -0.1) is 0 Å². The first kappa shape index (κ1) is 14.6. The molecule has 0 aliphatic carbocycles. The molecular weight excluding hydrogens is 270 g/mol. The van der Waals surface area contributed by atoms with E-state index in [-0.39, 0.29) is 11.9 Å². The first-order valence-corrected chi connectivity index (χ1v) is 6.99. The van der Waals surface area contributed by atoms with Crippen LogP contribution in [0.1, 0.15) is 40.0 Å². The van der Waals surface area contributed by atoms with Gasteiger partial charge in [-0.2, -0.15) is 0 Å². The van der Waals surface area contributed by atoms with Crippen molar-refractivity contribution in [1.29, 1.82) is 0 Å². The van der Waals surface area contributed by atoms with Gasteiger partial charge in [0.15, 0.2) is 0 Å². The number of carbonyl (C=O) groups is 1. The van der Waals surface area contributed by atoms with Crippen LogP contribution in [-0.2, 0) is 0 Å². The van der Waals surface area contributed by atoms with Crippen LogP contribution >= 0.6 is 11.6 Å². The van der Waals surface area contributed by atoms with E-state index in [1.54, 1.807) is 12.1 Å². The minimum atomic E-state index is -0.150. The van der Waals surface area contributed by atoms with Crippen molar-refractivity contribution in [3.63, 3.8) is 0 Å². The third-order valence-electron chi connectivity index (χ3n) is 3.36. The lowest BCUT2D eigenvalue weighted by atomic mass is 10.00. The second-order valence-corrected chi connectivity index (χ2v) is 5.44. The van der Waals surface area contributed by atoms with Gasteiger partial charge in [-0.25, -0.2) is 0 Å². The molecule has 1 N–H and O–H groups in total. The number of nitrogens with one attached hydrogen (secondary N) is 1. The number of aryl methyl sites for hydroxylation is 2. The number of hydrogen-bond donors (Lipinski definition) is 1. The highest BCUT2D eigenvalue weighted by Gasteiger charge is 2.15. The second-order valence-electron chi connectivity index (χ2n) is 5.04. The molecule has 0 aliphatic heterocycles. The van der Waals surface area contributed by atoms with Crippen LogP contribution in [0.5, 0.6) is 0 Å². The lowest BCUT2D eigenvalue weighted by Gasteiger charge is -2.17. The van der Waals surface area contributed by atoms with Gasteiger partial charge in [0.25, 0.3) is 5.91 Å². The average Bonchev–Trinajstić information content (AvgIpc) is 2.38. The lowest BCUT2D eigenvalue weighted by Crippen LogP contribution is -2.27. The zero-order chi connectivity index (χ0) is 14.7. The van der Waals surface area contributed by atoms with Gasteiger partial charge in [-0.1, -0.05) is 47.5 Å². The molecule has 104 valence electrons. The number of hydrogen-bond acceptors (Lipinski definition) is 1. The minimum absolute atomic E-state index is 0.0561. The molecule has 0 aromatic heterocycles. The molecule has 0 unspecified atom stereocenters.